The molecule has 1 N–H and O–H groups in total. The van der Waals surface area contributed by atoms with Gasteiger partial charge in [0.1, 0.15) is 6.33 Å². The van der Waals surface area contributed by atoms with E-state index in [0.29, 0.717) is 32.8 Å². The van der Waals surface area contributed by atoms with E-state index in [0.717, 1.165) is 11.4 Å². The first-order valence-electron chi connectivity index (χ1n) is 10.9. The van der Waals surface area contributed by atoms with Crippen LogP contribution in [0.1, 0.15) is 6.92 Å². The molecule has 0 unspecified atom stereocenters. The lowest BCUT2D eigenvalue weighted by atomic mass is 10.2. The fourth-order valence-electron chi connectivity index (χ4n) is 3.70. The molecule has 176 valence electrons. The number of hydrogen-bond acceptors (Lipinski definition) is 9. The molecule has 0 spiro atoms. The van der Waals surface area contributed by atoms with Crippen LogP contribution in [0.25, 0.3) is 0 Å². The van der Waals surface area contributed by atoms with Gasteiger partial charge in [0.2, 0.25) is 11.6 Å². The molecule has 11 heteroatoms. The summed E-state index contributed by atoms with van der Waals surface area (Å²) in [6.07, 6.45) is 0.916. The van der Waals surface area contributed by atoms with Crippen LogP contribution in [0.2, 0.25) is 0 Å². The largest absolute Gasteiger partial charge is 0.450 e. The predicted molar refractivity (Wildman–Crippen MR) is 128 cm³/mol. The summed E-state index contributed by atoms with van der Waals surface area (Å²) >= 11 is 0. The number of carbonyl (C=O) groups excluding carboxylic acids is 1. The van der Waals surface area contributed by atoms with Gasteiger partial charge in [-0.25, -0.2) is 14.8 Å². The second-order valence-corrected chi connectivity index (χ2v) is 7.44. The van der Waals surface area contributed by atoms with E-state index in [1.807, 2.05) is 60.7 Å². The molecule has 1 aliphatic heterocycles. The monoisotopic (exact) mass is 463 g/mol. The highest BCUT2D eigenvalue weighted by atomic mass is 16.6. The van der Waals surface area contributed by atoms with Crippen LogP contribution in [-0.2, 0) is 4.74 Å². The molecule has 1 fully saturated rings. The average Bonchev–Trinajstić information content (AvgIpc) is 2.88. The Morgan fingerprint density at radius 1 is 1.03 bits per heavy atom. The first kappa shape index (κ1) is 22.8. The Balaban J connectivity index is 1.63. The van der Waals surface area contributed by atoms with Crippen molar-refractivity contribution >= 4 is 34.8 Å². The van der Waals surface area contributed by atoms with Crippen molar-refractivity contribution in [3.05, 3.63) is 77.1 Å². The lowest BCUT2D eigenvalue weighted by molar-refractivity contribution is -0.383. The number of piperazine rings is 1. The molecular formula is C23H25N7O4. The van der Waals surface area contributed by atoms with Gasteiger partial charge in [0.15, 0.2) is 0 Å². The van der Waals surface area contributed by atoms with Gasteiger partial charge in [-0.05, 0) is 31.2 Å². The van der Waals surface area contributed by atoms with Crippen LogP contribution in [0, 0.1) is 10.1 Å². The minimum Gasteiger partial charge on any atom is -0.450 e. The van der Waals surface area contributed by atoms with E-state index in [9.17, 15) is 14.9 Å². The van der Waals surface area contributed by atoms with E-state index >= 15 is 0 Å². The van der Waals surface area contributed by atoms with E-state index in [2.05, 4.69) is 15.4 Å². The van der Waals surface area contributed by atoms with Gasteiger partial charge in [-0.15, -0.1) is 0 Å². The summed E-state index contributed by atoms with van der Waals surface area (Å²) in [4.78, 5) is 35.5. The molecule has 0 aliphatic carbocycles. The third-order valence-corrected chi connectivity index (χ3v) is 5.34. The molecule has 0 saturated carbocycles. The summed E-state index contributed by atoms with van der Waals surface area (Å²) in [5, 5.41) is 13.9. The zero-order valence-electron chi connectivity index (χ0n) is 18.7. The summed E-state index contributed by atoms with van der Waals surface area (Å²) < 4.78 is 5.05. The van der Waals surface area contributed by atoms with Crippen LogP contribution in [-0.4, -0.2) is 58.7 Å². The van der Waals surface area contributed by atoms with Crippen LogP contribution >= 0.6 is 0 Å². The maximum Gasteiger partial charge on any atom is 0.409 e. The van der Waals surface area contributed by atoms with E-state index in [-0.39, 0.29) is 23.4 Å². The Hall–Kier alpha value is -4.41. The van der Waals surface area contributed by atoms with Crippen molar-refractivity contribution in [3.63, 3.8) is 0 Å². The number of ether oxygens (including phenoxy) is 1. The Kier molecular flexibility index (Phi) is 7.01. The molecule has 2 aromatic carbocycles. The first-order chi connectivity index (χ1) is 16.6. The molecule has 1 aliphatic rings. The number of nitrogens with zero attached hydrogens (tertiary/aromatic N) is 6. The molecule has 34 heavy (non-hydrogen) atoms. The number of nitrogens with one attached hydrogen (secondary N) is 1. The van der Waals surface area contributed by atoms with Crippen molar-refractivity contribution in [2.75, 3.05) is 48.1 Å². The number of nitro groups is 1. The molecule has 0 radical (unpaired) electrons. The summed E-state index contributed by atoms with van der Waals surface area (Å²) in [7, 11) is 0. The number of hydrogen-bond donors (Lipinski definition) is 1. The van der Waals surface area contributed by atoms with Gasteiger partial charge < -0.3 is 14.5 Å². The average molecular weight is 463 g/mol. The number of benzene rings is 2. The standard InChI is InChI=1S/C23H25N7O4/c1-2-34-23(31)28-15-13-27(14-16-28)22-20(30(32)33)21(24-17-25-22)26-29(18-9-5-3-6-10-18)19-11-7-4-8-12-19/h3-12,17H,2,13-16H2,1H3,(H,24,25,26). The zero-order valence-corrected chi connectivity index (χ0v) is 18.7. The smallest absolute Gasteiger partial charge is 0.409 e. The first-order valence-corrected chi connectivity index (χ1v) is 10.9. The van der Waals surface area contributed by atoms with Crippen molar-refractivity contribution < 1.29 is 14.5 Å². The molecule has 0 atom stereocenters. The van der Waals surface area contributed by atoms with Crippen molar-refractivity contribution in [3.8, 4) is 0 Å². The Morgan fingerprint density at radius 3 is 2.15 bits per heavy atom. The quantitative estimate of drug-likeness (QED) is 0.412. The maximum atomic E-state index is 12.2. The number of amides is 1. The number of rotatable bonds is 7. The van der Waals surface area contributed by atoms with E-state index < -0.39 is 4.92 Å². The molecule has 4 rings (SSSR count). The van der Waals surface area contributed by atoms with Crippen molar-refractivity contribution in [2.45, 2.75) is 6.92 Å². The summed E-state index contributed by atoms with van der Waals surface area (Å²) in [5.41, 5.74) is 4.45. The van der Waals surface area contributed by atoms with Crippen LogP contribution in [0.3, 0.4) is 0 Å². The van der Waals surface area contributed by atoms with Gasteiger partial charge in [-0.1, -0.05) is 36.4 Å². The molecule has 2 heterocycles. The normalized spacial score (nSPS) is 13.3. The zero-order chi connectivity index (χ0) is 23.9. The van der Waals surface area contributed by atoms with Gasteiger partial charge >= 0.3 is 11.8 Å². The topological polar surface area (TPSA) is 117 Å². The Morgan fingerprint density at radius 2 is 1.62 bits per heavy atom. The summed E-state index contributed by atoms with van der Waals surface area (Å²) in [6.45, 7) is 3.58. The highest BCUT2D eigenvalue weighted by molar-refractivity contribution is 5.76. The lowest BCUT2D eigenvalue weighted by Gasteiger charge is -2.34. The molecule has 1 amide bonds. The number of anilines is 4. The fraction of sp³-hybridized carbons (Fsp3) is 0.261. The number of aromatic nitrogens is 2. The summed E-state index contributed by atoms with van der Waals surface area (Å²) in [5.74, 6) is 0.266. The number of carbonyl (C=O) groups is 1. The Labute approximate surface area is 196 Å². The van der Waals surface area contributed by atoms with Crippen molar-refractivity contribution in [1.29, 1.82) is 0 Å². The van der Waals surface area contributed by atoms with Gasteiger partial charge in [-0.3, -0.25) is 20.5 Å². The van der Waals surface area contributed by atoms with Gasteiger partial charge in [0, 0.05) is 26.2 Å². The number of hydrazine groups is 1. The minimum atomic E-state index is -0.483. The molecule has 3 aromatic rings. The molecular weight excluding hydrogens is 438 g/mol. The van der Waals surface area contributed by atoms with Crippen LogP contribution in [0.4, 0.5) is 33.5 Å². The molecule has 11 nitrogen and oxygen atoms in total. The second-order valence-electron chi connectivity index (χ2n) is 7.44. The third kappa shape index (κ3) is 4.98. The van der Waals surface area contributed by atoms with Crippen molar-refractivity contribution in [1.82, 2.24) is 14.9 Å². The molecule has 1 saturated heterocycles. The highest BCUT2D eigenvalue weighted by Crippen LogP contribution is 2.35. The fourth-order valence-corrected chi connectivity index (χ4v) is 3.70. The third-order valence-electron chi connectivity index (χ3n) is 5.34. The maximum absolute atomic E-state index is 12.2. The molecule has 1 aromatic heterocycles. The van der Waals surface area contributed by atoms with Crippen molar-refractivity contribution in [2.24, 2.45) is 0 Å². The SMILES string of the molecule is CCOC(=O)N1CCN(c2ncnc(NN(c3ccccc3)c3ccccc3)c2[N+](=O)[O-])CC1. The van der Waals surface area contributed by atoms with E-state index in [1.165, 1.54) is 6.33 Å². The van der Waals surface area contributed by atoms with E-state index in [1.54, 1.807) is 21.7 Å². The minimum absolute atomic E-state index is 0.0653. The summed E-state index contributed by atoms with van der Waals surface area (Å²) in [6, 6.07) is 18.9. The number of para-hydroxylation sites is 2. The second kappa shape index (κ2) is 10.5. The lowest BCUT2D eigenvalue weighted by Crippen LogP contribution is -2.49. The van der Waals surface area contributed by atoms with E-state index in [4.69, 9.17) is 4.74 Å². The molecule has 0 bridgehead atoms. The van der Waals surface area contributed by atoms with Gasteiger partial charge in [0.25, 0.3) is 0 Å². The van der Waals surface area contributed by atoms with Crippen LogP contribution < -0.4 is 15.3 Å². The Bertz CT molecular complexity index is 1080. The van der Waals surface area contributed by atoms with Gasteiger partial charge in [0.05, 0.1) is 22.9 Å². The van der Waals surface area contributed by atoms with Crippen LogP contribution in [0.15, 0.2) is 67.0 Å². The highest BCUT2D eigenvalue weighted by Gasteiger charge is 2.31. The van der Waals surface area contributed by atoms with Gasteiger partial charge in [-0.2, -0.15) is 0 Å². The predicted octanol–water partition coefficient (Wildman–Crippen LogP) is 3.83. The van der Waals surface area contributed by atoms with Crippen LogP contribution in [0.5, 0.6) is 0 Å².